The number of para-hydroxylation sites is 2. The minimum atomic E-state index is -3.63. The minimum absolute atomic E-state index is 0.139. The van der Waals surface area contributed by atoms with E-state index < -0.39 is 10.0 Å². The quantitative estimate of drug-likeness (QED) is 0.833. The number of hydrogen-bond acceptors (Lipinski definition) is 5. The number of carbonyl (C=O) groups excluding carboxylic acids is 1. The van der Waals surface area contributed by atoms with Crippen LogP contribution in [0, 0.1) is 17.2 Å². The van der Waals surface area contributed by atoms with Crippen LogP contribution in [0.3, 0.4) is 0 Å². The normalized spacial score (nSPS) is 15.6. The molecule has 2 aromatic carbocycles. The number of nitrogens with zero attached hydrogens (tertiary/aromatic N) is 2. The van der Waals surface area contributed by atoms with Crippen LogP contribution in [0.25, 0.3) is 0 Å². The van der Waals surface area contributed by atoms with Crippen LogP contribution < -0.4 is 10.1 Å². The van der Waals surface area contributed by atoms with Crippen molar-refractivity contribution in [1.29, 1.82) is 5.26 Å². The van der Waals surface area contributed by atoms with Crippen molar-refractivity contribution < 1.29 is 17.9 Å². The molecule has 0 bridgehead atoms. The molecule has 0 radical (unpaired) electrons. The number of carbonyl (C=O) groups is 1. The summed E-state index contributed by atoms with van der Waals surface area (Å²) < 4.78 is 32.2. The van der Waals surface area contributed by atoms with Gasteiger partial charge in [0.15, 0.2) is 0 Å². The van der Waals surface area contributed by atoms with Gasteiger partial charge in [-0.05, 0) is 49.2 Å². The molecule has 1 aliphatic rings. The number of benzene rings is 2. The van der Waals surface area contributed by atoms with Crippen molar-refractivity contribution in [2.75, 3.05) is 25.5 Å². The molecule has 0 aromatic heterocycles. The van der Waals surface area contributed by atoms with E-state index >= 15 is 0 Å². The van der Waals surface area contributed by atoms with Gasteiger partial charge < -0.3 is 10.1 Å². The Balaban J connectivity index is 1.63. The van der Waals surface area contributed by atoms with Crippen molar-refractivity contribution in [3.8, 4) is 11.8 Å². The third-order valence-electron chi connectivity index (χ3n) is 4.81. The molecule has 1 fully saturated rings. The molecule has 1 heterocycles. The number of anilines is 1. The van der Waals surface area contributed by atoms with Gasteiger partial charge in [-0.2, -0.15) is 9.57 Å². The Morgan fingerprint density at radius 3 is 2.39 bits per heavy atom. The highest BCUT2D eigenvalue weighted by Gasteiger charge is 2.32. The Labute approximate surface area is 164 Å². The summed E-state index contributed by atoms with van der Waals surface area (Å²) in [6, 6.07) is 15.0. The van der Waals surface area contributed by atoms with E-state index in [0.717, 1.165) is 0 Å². The Morgan fingerprint density at radius 2 is 1.79 bits per heavy atom. The van der Waals surface area contributed by atoms with Gasteiger partial charge in [-0.3, -0.25) is 4.79 Å². The maximum absolute atomic E-state index is 12.8. The lowest BCUT2D eigenvalue weighted by Crippen LogP contribution is -2.41. The van der Waals surface area contributed by atoms with E-state index in [0.29, 0.717) is 29.8 Å². The van der Waals surface area contributed by atoms with Gasteiger partial charge in [0.25, 0.3) is 0 Å². The average molecular weight is 399 g/mol. The van der Waals surface area contributed by atoms with Crippen LogP contribution in [0.1, 0.15) is 18.4 Å². The molecule has 2 aromatic rings. The van der Waals surface area contributed by atoms with Crippen LogP contribution in [0.15, 0.2) is 53.4 Å². The van der Waals surface area contributed by atoms with Crippen LogP contribution in [-0.2, 0) is 14.8 Å². The largest absolute Gasteiger partial charge is 0.495 e. The summed E-state index contributed by atoms with van der Waals surface area (Å²) in [5, 5.41) is 11.7. The van der Waals surface area contributed by atoms with Crippen LogP contribution in [-0.4, -0.2) is 38.8 Å². The van der Waals surface area contributed by atoms with Crippen molar-refractivity contribution in [3.05, 3.63) is 54.1 Å². The summed E-state index contributed by atoms with van der Waals surface area (Å²) in [7, 11) is -2.09. The zero-order chi connectivity index (χ0) is 20.1. The van der Waals surface area contributed by atoms with Gasteiger partial charge in [-0.25, -0.2) is 8.42 Å². The van der Waals surface area contributed by atoms with Gasteiger partial charge in [0.05, 0.1) is 29.3 Å². The van der Waals surface area contributed by atoms with Gasteiger partial charge in [0.1, 0.15) is 5.75 Å². The third kappa shape index (κ3) is 4.16. The molecule has 0 saturated carbocycles. The molecule has 0 spiro atoms. The molecule has 28 heavy (non-hydrogen) atoms. The second-order valence-corrected chi connectivity index (χ2v) is 8.44. The lowest BCUT2D eigenvalue weighted by atomic mass is 9.97. The number of nitriles is 1. The number of rotatable bonds is 5. The zero-order valence-corrected chi connectivity index (χ0v) is 16.3. The molecule has 1 saturated heterocycles. The van der Waals surface area contributed by atoms with Gasteiger partial charge >= 0.3 is 0 Å². The lowest BCUT2D eigenvalue weighted by Gasteiger charge is -2.30. The number of nitrogens with one attached hydrogen (secondary N) is 1. The fraction of sp³-hybridized carbons (Fsp3) is 0.300. The van der Waals surface area contributed by atoms with Gasteiger partial charge in [-0.1, -0.05) is 12.1 Å². The van der Waals surface area contributed by atoms with E-state index in [4.69, 9.17) is 10.00 Å². The molecule has 8 heteroatoms. The van der Waals surface area contributed by atoms with Gasteiger partial charge in [0, 0.05) is 19.0 Å². The fourth-order valence-corrected chi connectivity index (χ4v) is 4.66. The molecule has 0 unspecified atom stereocenters. The van der Waals surface area contributed by atoms with Crippen molar-refractivity contribution in [2.45, 2.75) is 17.7 Å². The second-order valence-electron chi connectivity index (χ2n) is 6.50. The van der Waals surface area contributed by atoms with Gasteiger partial charge in [0.2, 0.25) is 15.9 Å². The van der Waals surface area contributed by atoms with Gasteiger partial charge in [-0.15, -0.1) is 0 Å². The summed E-state index contributed by atoms with van der Waals surface area (Å²) in [4.78, 5) is 12.7. The fourth-order valence-electron chi connectivity index (χ4n) is 3.19. The van der Waals surface area contributed by atoms with Crippen LogP contribution in [0.5, 0.6) is 5.75 Å². The first-order valence-electron chi connectivity index (χ1n) is 8.90. The van der Waals surface area contributed by atoms with E-state index in [1.807, 2.05) is 18.2 Å². The number of amides is 1. The summed E-state index contributed by atoms with van der Waals surface area (Å²) in [6.07, 6.45) is 0.882. The van der Waals surface area contributed by atoms with E-state index in [1.165, 1.54) is 35.7 Å². The number of methoxy groups -OCH3 is 1. The Bertz CT molecular complexity index is 989. The van der Waals surface area contributed by atoms with E-state index in [-0.39, 0.29) is 29.8 Å². The lowest BCUT2D eigenvalue weighted by molar-refractivity contribution is -0.120. The molecule has 3 rings (SSSR count). The first-order chi connectivity index (χ1) is 13.5. The molecular formula is C20H21N3O4S. The first-order valence-corrected chi connectivity index (χ1v) is 10.3. The highest BCUT2D eigenvalue weighted by atomic mass is 32.2. The van der Waals surface area contributed by atoms with Crippen LogP contribution in [0.4, 0.5) is 5.69 Å². The molecule has 0 aliphatic carbocycles. The predicted octanol–water partition coefficient (Wildman–Crippen LogP) is 2.61. The standard InChI is InChI=1S/C20H21N3O4S/c1-27-19-5-3-2-4-18(19)22-20(24)16-10-12-23(13-11-16)28(25,26)17-8-6-15(14-21)7-9-17/h2-9,16H,10-13H2,1H3,(H,22,24). The zero-order valence-electron chi connectivity index (χ0n) is 15.5. The molecule has 7 nitrogen and oxygen atoms in total. The summed E-state index contributed by atoms with van der Waals surface area (Å²) in [5.74, 6) is 0.175. The Kier molecular flexibility index (Phi) is 5.97. The molecule has 0 atom stereocenters. The summed E-state index contributed by atoms with van der Waals surface area (Å²) in [5.41, 5.74) is 1.01. The van der Waals surface area contributed by atoms with Crippen molar-refractivity contribution in [2.24, 2.45) is 5.92 Å². The Morgan fingerprint density at radius 1 is 1.14 bits per heavy atom. The Hall–Kier alpha value is -2.89. The van der Waals surface area contributed by atoms with E-state index in [1.54, 1.807) is 12.1 Å². The highest BCUT2D eigenvalue weighted by Crippen LogP contribution is 2.27. The van der Waals surface area contributed by atoms with E-state index in [9.17, 15) is 13.2 Å². The van der Waals surface area contributed by atoms with Crippen LogP contribution in [0.2, 0.25) is 0 Å². The summed E-state index contributed by atoms with van der Waals surface area (Å²) in [6.45, 7) is 0.540. The molecule has 1 aliphatic heterocycles. The van der Waals surface area contributed by atoms with Crippen molar-refractivity contribution in [1.82, 2.24) is 4.31 Å². The average Bonchev–Trinajstić information content (AvgIpc) is 2.74. The monoisotopic (exact) mass is 399 g/mol. The number of ether oxygens (including phenoxy) is 1. The maximum Gasteiger partial charge on any atom is 0.243 e. The van der Waals surface area contributed by atoms with Crippen LogP contribution >= 0.6 is 0 Å². The predicted molar refractivity (Wildman–Crippen MR) is 104 cm³/mol. The number of sulfonamides is 1. The molecule has 146 valence electrons. The smallest absolute Gasteiger partial charge is 0.243 e. The van der Waals surface area contributed by atoms with Crippen molar-refractivity contribution >= 4 is 21.6 Å². The maximum atomic E-state index is 12.8. The molecule has 1 N–H and O–H groups in total. The molecular weight excluding hydrogens is 378 g/mol. The molecule has 1 amide bonds. The van der Waals surface area contributed by atoms with E-state index in [2.05, 4.69) is 5.32 Å². The third-order valence-corrected chi connectivity index (χ3v) is 6.72. The highest BCUT2D eigenvalue weighted by molar-refractivity contribution is 7.89. The summed E-state index contributed by atoms with van der Waals surface area (Å²) >= 11 is 0. The topological polar surface area (TPSA) is 99.5 Å². The number of hydrogen-bond donors (Lipinski definition) is 1. The second kappa shape index (κ2) is 8.42. The first kappa shape index (κ1) is 19.9. The number of piperidine rings is 1. The van der Waals surface area contributed by atoms with Crippen molar-refractivity contribution in [3.63, 3.8) is 0 Å². The minimum Gasteiger partial charge on any atom is -0.495 e. The SMILES string of the molecule is COc1ccccc1NC(=O)C1CCN(S(=O)(=O)c2ccc(C#N)cc2)CC1.